The van der Waals surface area contributed by atoms with E-state index in [0.29, 0.717) is 34.5 Å². The molecule has 0 bridgehead atoms. The first-order valence-corrected chi connectivity index (χ1v) is 15.0. The molecule has 10 rings (SSSR count). The SMILES string of the molecule is COC(=O)[C]12[C]3(C)[C]4(C)[C]5(C)[C]1(C)[Fe]45321678[CH]2[C]1(C)[C]6(C)[C]7(C)[C]28C. The van der Waals surface area contributed by atoms with Crippen LogP contribution in [0.5, 0.6) is 0 Å². The van der Waals surface area contributed by atoms with E-state index in [9.17, 15) is 4.79 Å². The van der Waals surface area contributed by atoms with E-state index in [1.54, 1.807) is 7.11 Å². The number of esters is 1. The van der Waals surface area contributed by atoms with E-state index >= 15 is 0 Å². The van der Waals surface area contributed by atoms with Gasteiger partial charge in [0.15, 0.2) is 0 Å². The van der Waals surface area contributed by atoms with Crippen LogP contribution in [0.3, 0.4) is 0 Å². The van der Waals surface area contributed by atoms with Gasteiger partial charge in [0, 0.05) is 0 Å². The predicted octanol–water partition coefficient (Wildman–Crippen LogP) is 6.04. The zero-order chi connectivity index (χ0) is 16.7. The summed E-state index contributed by atoms with van der Waals surface area (Å²) in [5.41, 5.74) is 0. The second-order valence-electron chi connectivity index (χ2n) is 13.6. The molecule has 0 aromatic rings. The van der Waals surface area contributed by atoms with Crippen molar-refractivity contribution in [3.05, 3.63) is 0 Å². The molecule has 10 heterocycles. The molecule has 0 N–H and O–H groups in total. The molecule has 8 unspecified atom stereocenters. The van der Waals surface area contributed by atoms with Gasteiger partial charge >= 0.3 is 128 Å². The Labute approximate surface area is 128 Å². The Hall–Kier alpha value is -0.0105. The van der Waals surface area contributed by atoms with Crippen LogP contribution in [0.15, 0.2) is 0 Å². The van der Waals surface area contributed by atoms with E-state index in [4.69, 9.17) is 4.74 Å². The van der Waals surface area contributed by atoms with Crippen LogP contribution >= 0.6 is 0 Å². The van der Waals surface area contributed by atoms with Gasteiger partial charge in [-0.15, -0.1) is 0 Å². The fourth-order valence-electron chi connectivity index (χ4n) is 29.3. The molecule has 0 radical (unpaired) electrons. The molecule has 128 valence electrons. The number of hydrogen-bond acceptors (Lipinski definition) is 2. The molecule has 3 heteroatoms. The van der Waals surface area contributed by atoms with E-state index in [2.05, 4.69) is 55.4 Å². The summed E-state index contributed by atoms with van der Waals surface area (Å²) >= 11 is 0. The zero-order valence-corrected chi connectivity index (χ0v) is 16.9. The Morgan fingerprint density at radius 1 is 0.739 bits per heavy atom. The van der Waals surface area contributed by atoms with Gasteiger partial charge in [0.2, 0.25) is 0 Å². The molecule has 2 nitrogen and oxygen atoms in total. The topological polar surface area (TPSA) is 26.3 Å². The Balaban J connectivity index is 1.77. The Morgan fingerprint density at radius 2 is 1.13 bits per heavy atom. The second-order valence-corrected chi connectivity index (χ2v) is 36.7. The van der Waals surface area contributed by atoms with Gasteiger partial charge in [0.25, 0.3) is 0 Å². The van der Waals surface area contributed by atoms with Crippen LogP contribution in [0.1, 0.15) is 55.4 Å². The first kappa shape index (κ1) is 10.9. The molecule has 0 aromatic carbocycles. The molecule has 0 aromatic heterocycles. The third-order valence-electron chi connectivity index (χ3n) is 22.7. The fraction of sp³-hybridized carbons (Fsp3) is 0.950. The van der Waals surface area contributed by atoms with Crippen molar-refractivity contribution in [1.82, 2.24) is 0 Å². The Kier molecular flexibility index (Phi) is 0.407. The molecule has 0 aliphatic carbocycles. The first-order valence-electron chi connectivity index (χ1n) is 9.44. The van der Waals surface area contributed by atoms with Crippen molar-refractivity contribution in [2.24, 2.45) is 0 Å². The van der Waals surface area contributed by atoms with Gasteiger partial charge in [-0.05, 0) is 0 Å². The summed E-state index contributed by atoms with van der Waals surface area (Å²) in [6.45, 7) is 17.0. The van der Waals surface area contributed by atoms with Crippen LogP contribution in [-0.4, -0.2) is 13.1 Å². The number of hydrogen-bond donors (Lipinski definition) is 0. The molecule has 10 fully saturated rings. The summed E-state index contributed by atoms with van der Waals surface area (Å²) < 4.78 is 9.55. The predicted molar refractivity (Wildman–Crippen MR) is 85.4 cm³/mol. The molecular formula is C20H28FeO2. The number of ether oxygens (including phenoxy) is 1. The van der Waals surface area contributed by atoms with Crippen LogP contribution in [0.25, 0.3) is 0 Å². The number of carbonyl (C=O) groups excluding carboxylic acids is 1. The summed E-state index contributed by atoms with van der Waals surface area (Å²) in [7, 11) is 1.67. The normalized spacial score (nSPS) is 117. The van der Waals surface area contributed by atoms with E-state index in [0.717, 1.165) is 4.82 Å². The summed E-state index contributed by atoms with van der Waals surface area (Å²) in [4.78, 5) is 14.6. The van der Waals surface area contributed by atoms with Crippen molar-refractivity contribution in [2.45, 2.75) is 99.0 Å². The van der Waals surface area contributed by atoms with Gasteiger partial charge in [0.1, 0.15) is 0 Å². The molecule has 8 atom stereocenters. The van der Waals surface area contributed by atoms with Crippen molar-refractivity contribution in [1.29, 1.82) is 0 Å². The van der Waals surface area contributed by atoms with Crippen LogP contribution < -0.4 is 0 Å². The Bertz CT molecular complexity index is 1330. The van der Waals surface area contributed by atoms with Gasteiger partial charge < -0.3 is 0 Å². The summed E-state index contributed by atoms with van der Waals surface area (Å²) in [6, 6.07) is 0. The summed E-state index contributed by atoms with van der Waals surface area (Å²) in [5, 5.41) is 0. The van der Waals surface area contributed by atoms with Crippen molar-refractivity contribution < 1.29 is 16.0 Å². The minimum atomic E-state index is -4.45. The van der Waals surface area contributed by atoms with Crippen molar-refractivity contribution in [2.75, 3.05) is 7.11 Å². The van der Waals surface area contributed by atoms with Gasteiger partial charge in [-0.1, -0.05) is 0 Å². The average molecular weight is 356 g/mol. The van der Waals surface area contributed by atoms with E-state index in [1.165, 1.54) is 0 Å². The summed E-state index contributed by atoms with van der Waals surface area (Å²) in [5.74, 6) is 0.242. The quantitative estimate of drug-likeness (QED) is 0.423. The molecule has 0 saturated carbocycles. The number of rotatable bonds is 1. The first-order chi connectivity index (χ1) is 10.2. The molecule has 23 heavy (non-hydrogen) atoms. The van der Waals surface area contributed by atoms with Gasteiger partial charge in [-0.3, -0.25) is 0 Å². The third kappa shape index (κ3) is 0.0792. The molecule has 10 aliphatic heterocycles. The minimum absolute atomic E-state index is 0.00961. The van der Waals surface area contributed by atoms with Crippen molar-refractivity contribution in [3.63, 3.8) is 0 Å². The maximum atomic E-state index is 13.7. The number of carbonyl (C=O) groups is 1. The number of fused-ring (bicyclic) bond motifs is 10. The molecule has 1 spiro atoms. The average Bonchev–Trinajstić information content (AvgIpc) is 3.46. The Morgan fingerprint density at radius 3 is 1.26 bits per heavy atom. The van der Waals surface area contributed by atoms with Gasteiger partial charge in [0.05, 0.1) is 0 Å². The second kappa shape index (κ2) is 0.862. The van der Waals surface area contributed by atoms with E-state index in [-0.39, 0.29) is 10.3 Å². The van der Waals surface area contributed by atoms with Crippen LogP contribution in [0.2, 0.25) is 43.6 Å². The van der Waals surface area contributed by atoms with Gasteiger partial charge in [-0.25, -0.2) is 0 Å². The molecule has 10 aliphatic rings. The molecule has 10 saturated heterocycles. The van der Waals surface area contributed by atoms with Crippen LogP contribution in [0.4, 0.5) is 0 Å². The summed E-state index contributed by atoms with van der Waals surface area (Å²) in [6.07, 6.45) is 0. The standard InChI is InChI=1S/C11H15O2.C9H13.Fe/c1-6-7(2)9(4)10(8(6)3)11(12)13-5;1-6-5-7(2)9(4)8(6)3;/h1-5H3;5H,1-4H3;. The third-order valence-corrected chi connectivity index (χ3v) is 78.0. The maximum absolute atomic E-state index is 13.7. The molecule has 0 amide bonds. The van der Waals surface area contributed by atoms with E-state index < -0.39 is 6.51 Å². The van der Waals surface area contributed by atoms with Gasteiger partial charge in [-0.2, -0.15) is 0 Å². The number of methoxy groups -OCH3 is 1. The van der Waals surface area contributed by atoms with Crippen molar-refractivity contribution >= 4 is 5.97 Å². The van der Waals surface area contributed by atoms with Crippen LogP contribution in [0, 0.1) is 0 Å². The van der Waals surface area contributed by atoms with E-state index in [1.807, 2.05) is 0 Å². The van der Waals surface area contributed by atoms with Crippen LogP contribution in [-0.2, 0) is 16.0 Å². The molecular weight excluding hydrogens is 328 g/mol. The zero-order valence-electron chi connectivity index (χ0n) is 15.7. The van der Waals surface area contributed by atoms with Crippen molar-refractivity contribution in [3.8, 4) is 0 Å². The fourth-order valence-corrected chi connectivity index (χ4v) is 129. The monoisotopic (exact) mass is 356 g/mol.